The van der Waals surface area contributed by atoms with Crippen molar-refractivity contribution in [2.24, 2.45) is 35.5 Å². The fourth-order valence-electron chi connectivity index (χ4n) is 22.8. The summed E-state index contributed by atoms with van der Waals surface area (Å²) in [7, 11) is -1.23. The third-order valence-electron chi connectivity index (χ3n) is 29.6. The molecule has 15 unspecified atom stereocenters. The van der Waals surface area contributed by atoms with Crippen LogP contribution >= 0.6 is 0 Å². The van der Waals surface area contributed by atoms with Gasteiger partial charge in [-0.25, -0.2) is 0 Å². The standard InChI is InChI=1S/C35H41BN2O4.C34H40B2N2O6.C34H39BN2O4.5BrH/c1-4-27-23-38(22-26-7-5-24(2)6-8-26)18-16-28(27)19-34(38)35(39)32-15-17-37(33-20-30(42-3)13-14-31(32)33)21-25-9-11-29(12-10-25)36(40)41;1-3-23-21-38(22-26-9-5-7-11-31(26)36(42)43)17-15-24(23)18-33(38)34(39)29-14-16-37(32-19-27(44-2)12-13-28(29)32)20-25-8-4-6-10-30(25)35(40)41;1-3-25-23-37(22-24-9-5-4-6-10-24)18-16-26(25)19-33(37)34(38)30-15-17-36(32-20-28(41-2)13-14-29(30)32)21-27-11-7-8-12-31(27)35(39)40;;;;;/h4-15,17,20,27-28,34-35,39-41H,1,16,18-19,21-23H2,2-3H3;3-14,16,19,23-24,33-34,39-43H,1,15,17-18,20-22H2,2H3;3-15,17,20,25-26,33-34,38-40H,1,16,18-19,21-23H2,2H3;5*1H/q3*+2;;;;;/p-5. The van der Waals surface area contributed by atoms with Gasteiger partial charge >= 0.3 is 28.5 Å². The van der Waals surface area contributed by atoms with Crippen molar-refractivity contribution in [2.45, 2.75) is 121 Å². The van der Waals surface area contributed by atoms with Crippen molar-refractivity contribution in [1.82, 2.24) is 0 Å². The molecule has 15 atom stereocenters. The first kappa shape index (κ1) is 104. The predicted molar refractivity (Wildman–Crippen MR) is 499 cm³/mol. The zero-order chi connectivity index (χ0) is 89.0. The van der Waals surface area contributed by atoms with Gasteiger partial charge in [-0.3, -0.25) is 0 Å². The quantitative estimate of drug-likeness (QED) is 0.00945. The molecule has 9 aromatic carbocycles. The van der Waals surface area contributed by atoms with Crippen LogP contribution in [0.25, 0.3) is 32.7 Å². The summed E-state index contributed by atoms with van der Waals surface area (Å²) in [5.74, 6) is 5.00. The molecule has 0 spiro atoms. The number of benzene rings is 9. The average molecular weight is 2110 g/mol. The van der Waals surface area contributed by atoms with Gasteiger partial charge in [0.15, 0.2) is 38.2 Å². The van der Waals surface area contributed by atoms with Crippen LogP contribution in [0.2, 0.25) is 0 Å². The van der Waals surface area contributed by atoms with Crippen LogP contribution < -0.4 is 135 Å². The highest BCUT2D eigenvalue weighted by Crippen LogP contribution is 2.52. The van der Waals surface area contributed by atoms with Gasteiger partial charge < -0.3 is 168 Å². The Bertz CT molecular complexity index is 5950. The molecule has 29 heteroatoms. The van der Waals surface area contributed by atoms with E-state index in [1.807, 2.05) is 138 Å². The van der Waals surface area contributed by atoms with E-state index in [1.165, 1.54) is 23.1 Å². The minimum absolute atomic E-state index is 0. The van der Waals surface area contributed by atoms with E-state index in [2.05, 4.69) is 127 Å². The molecule has 3 aromatic heterocycles. The lowest BCUT2D eigenvalue weighted by atomic mass is 9.70. The Morgan fingerprint density at radius 1 is 0.364 bits per heavy atom. The first-order chi connectivity index (χ1) is 61.5. The van der Waals surface area contributed by atoms with E-state index < -0.39 is 46.8 Å². The fourth-order valence-corrected chi connectivity index (χ4v) is 22.8. The van der Waals surface area contributed by atoms with Crippen LogP contribution in [0.4, 0.5) is 0 Å². The summed E-state index contributed by atoms with van der Waals surface area (Å²) in [6.07, 6.45) is 16.5. The van der Waals surface area contributed by atoms with Crippen LogP contribution in [0.15, 0.2) is 281 Å². The maximum absolute atomic E-state index is 12.3. The van der Waals surface area contributed by atoms with E-state index in [1.54, 1.807) is 57.7 Å². The Balaban J connectivity index is 0.000000188. The summed E-state index contributed by atoms with van der Waals surface area (Å²) in [5, 5.41) is 119. The number of nitrogens with zero attached hydrogens (tertiary/aromatic N) is 6. The van der Waals surface area contributed by atoms with E-state index in [9.17, 15) is 55.5 Å². The molecule has 0 saturated carbocycles. The predicted octanol–water partition coefficient (Wildman–Crippen LogP) is -6.47. The zero-order valence-electron chi connectivity index (χ0n) is 75.1. The molecule has 0 radical (unpaired) electrons. The number of rotatable bonds is 28. The number of methoxy groups -OCH3 is 3. The highest BCUT2D eigenvalue weighted by molar-refractivity contribution is 6.60. The van der Waals surface area contributed by atoms with Crippen molar-refractivity contribution in [3.8, 4) is 17.2 Å². The number of hydrogen-bond acceptors (Lipinski definition) is 14. The Morgan fingerprint density at radius 3 is 1.03 bits per heavy atom. The second-order valence-electron chi connectivity index (χ2n) is 36.6. The number of pyridine rings is 3. The monoisotopic (exact) mass is 2100 g/mol. The second kappa shape index (κ2) is 45.7. The second-order valence-corrected chi connectivity index (χ2v) is 36.6. The lowest BCUT2D eigenvalue weighted by Crippen LogP contribution is -3.00. The zero-order valence-corrected chi connectivity index (χ0v) is 83.1. The molecule has 9 saturated heterocycles. The summed E-state index contributed by atoms with van der Waals surface area (Å²) < 4.78 is 25.4. The van der Waals surface area contributed by atoms with Crippen LogP contribution in [-0.4, -0.2) is 176 Å². The molecule has 20 nitrogen and oxygen atoms in total. The molecular formula is C103H120B4Br5N6O14+. The van der Waals surface area contributed by atoms with Gasteiger partial charge in [0.25, 0.3) is 0 Å². The number of ether oxygens (including phenoxy) is 3. The number of quaternary nitrogens is 3. The summed E-state index contributed by atoms with van der Waals surface area (Å²) in [6.45, 7) is 24.4. The minimum Gasteiger partial charge on any atom is -1.00 e. The molecular weight excluding hydrogens is 1990 g/mol. The molecule has 6 bridgehead atoms. The number of hydrogen-bond donors (Lipinski definition) is 11. The largest absolute Gasteiger partial charge is 1.00 e. The van der Waals surface area contributed by atoms with Gasteiger partial charge in [-0.15, -0.1) is 19.7 Å². The topological polar surface area (TPSA) is 262 Å². The van der Waals surface area contributed by atoms with Crippen molar-refractivity contribution >= 4 is 83.0 Å². The summed E-state index contributed by atoms with van der Waals surface area (Å²) >= 11 is 0. The molecule has 9 aliphatic rings. The highest BCUT2D eigenvalue weighted by Gasteiger charge is 2.58. The summed E-state index contributed by atoms with van der Waals surface area (Å²) in [4.78, 5) is 0. The van der Waals surface area contributed by atoms with Crippen LogP contribution in [0.3, 0.4) is 0 Å². The minimum atomic E-state index is -1.58. The van der Waals surface area contributed by atoms with E-state index in [4.69, 9.17) is 14.2 Å². The van der Waals surface area contributed by atoms with Gasteiger partial charge in [0, 0.05) is 125 Å². The lowest BCUT2D eigenvalue weighted by molar-refractivity contribution is -0.985. The molecule has 12 heterocycles. The normalized spacial score (nSPS) is 22.9. The maximum atomic E-state index is 12.3. The first-order valence-corrected chi connectivity index (χ1v) is 44.8. The van der Waals surface area contributed by atoms with E-state index in [0.29, 0.717) is 93.8 Å². The molecule has 9 fully saturated rings. The van der Waals surface area contributed by atoms with Crippen LogP contribution in [-0.2, 0) is 39.3 Å². The first-order valence-electron chi connectivity index (χ1n) is 44.8. The van der Waals surface area contributed by atoms with Crippen LogP contribution in [0.5, 0.6) is 17.2 Å². The number of halogens is 5. The van der Waals surface area contributed by atoms with Gasteiger partial charge in [-0.2, -0.15) is 13.7 Å². The van der Waals surface area contributed by atoms with Crippen LogP contribution in [0.1, 0.15) is 112 Å². The fraction of sp³-hybridized carbons (Fsp3) is 0.330. The lowest BCUT2D eigenvalue weighted by Gasteiger charge is -2.58. The van der Waals surface area contributed by atoms with Crippen molar-refractivity contribution in [3.05, 3.63) is 337 Å². The van der Waals surface area contributed by atoms with Crippen molar-refractivity contribution < 1.29 is 182 Å². The number of piperidine rings is 9. The van der Waals surface area contributed by atoms with E-state index in [0.717, 1.165) is 177 Å². The van der Waals surface area contributed by atoms with Gasteiger partial charge in [0.05, 0.1) is 95.0 Å². The van der Waals surface area contributed by atoms with Gasteiger partial charge in [-0.05, 0) is 82.9 Å². The molecule has 692 valence electrons. The summed E-state index contributed by atoms with van der Waals surface area (Å²) in [6, 6.07) is 73.0. The molecule has 0 aliphatic carbocycles. The van der Waals surface area contributed by atoms with Crippen molar-refractivity contribution in [1.29, 1.82) is 0 Å². The molecule has 11 N–H and O–H groups in total. The molecule has 132 heavy (non-hydrogen) atoms. The number of aromatic nitrogens is 3. The number of aliphatic hydroxyl groups excluding tert-OH is 3. The maximum Gasteiger partial charge on any atom is 0.488 e. The molecule has 12 aromatic rings. The van der Waals surface area contributed by atoms with Gasteiger partial charge in [0.2, 0.25) is 16.6 Å². The average Bonchev–Trinajstić information content (AvgIpc) is 0.733. The molecule has 9 aliphatic heterocycles. The van der Waals surface area contributed by atoms with E-state index in [-0.39, 0.29) is 103 Å². The third kappa shape index (κ3) is 22.0. The molecule has 0 amide bonds. The summed E-state index contributed by atoms with van der Waals surface area (Å²) in [5.41, 5.74) is 14.8. The smallest absolute Gasteiger partial charge is 0.488 e. The Kier molecular flexibility index (Phi) is 36.2. The van der Waals surface area contributed by atoms with Crippen molar-refractivity contribution in [2.75, 3.05) is 60.6 Å². The molecule has 21 rings (SSSR count). The Labute approximate surface area is 829 Å². The number of fused-ring (bicyclic) bond motifs is 12. The van der Waals surface area contributed by atoms with Crippen LogP contribution in [0, 0.1) is 42.4 Å². The van der Waals surface area contributed by atoms with Gasteiger partial charge in [-0.1, -0.05) is 175 Å². The Hall–Kier alpha value is -8.07. The SMILES string of the molecule is C=CC1C[N+]2(Cc3ccc(C)cc3)CCC1CC2C(O)c1cc[n+](Cc2ccc(B(O)O)cc2)c2cc(OC)ccc12.C=CC1C[N+]2(Cc3ccccc3)CCC1CC2C(O)c1cc[n+](Cc2ccccc2B(O)O)c2cc(OC)ccc12.C=CC1C[N+]2(Cc3ccccc3B(O)O)CCC1CC2C(O)c1cc[n+](Cc2ccccc2B(O)O)c2cc(OC)ccc12.[Br-].[Br-].[Br-].[Br-].[Br-]. The van der Waals surface area contributed by atoms with Crippen molar-refractivity contribution in [3.63, 3.8) is 0 Å². The number of aliphatic hydroxyl groups is 3. The Morgan fingerprint density at radius 2 is 0.682 bits per heavy atom. The number of aryl methyl sites for hydroxylation is 1. The highest BCUT2D eigenvalue weighted by atomic mass is 79.9. The third-order valence-corrected chi connectivity index (χ3v) is 29.6. The van der Waals surface area contributed by atoms with E-state index >= 15 is 0 Å². The van der Waals surface area contributed by atoms with Gasteiger partial charge in [0.1, 0.15) is 73.3 Å².